The van der Waals surface area contributed by atoms with Gasteiger partial charge in [-0.1, -0.05) is 6.07 Å². The van der Waals surface area contributed by atoms with Crippen molar-refractivity contribution < 1.29 is 22.7 Å². The summed E-state index contributed by atoms with van der Waals surface area (Å²) in [5.74, 6) is -0.223. The van der Waals surface area contributed by atoms with E-state index in [1.165, 1.54) is 35.4 Å². The van der Waals surface area contributed by atoms with Gasteiger partial charge in [-0.2, -0.15) is 13.2 Å². The van der Waals surface area contributed by atoms with Crippen molar-refractivity contribution in [1.82, 2.24) is 14.9 Å². The molecule has 1 amide bonds. The highest BCUT2D eigenvalue weighted by molar-refractivity contribution is 7.17. The molecule has 3 rings (SSSR count). The predicted octanol–water partition coefficient (Wildman–Crippen LogP) is 3.04. The number of benzene rings is 1. The Bertz CT molecular complexity index is 1030. The molecule has 10 heteroatoms. The van der Waals surface area contributed by atoms with Crippen LogP contribution in [0.4, 0.5) is 13.2 Å². The van der Waals surface area contributed by atoms with Crippen LogP contribution in [0.1, 0.15) is 11.4 Å². The lowest BCUT2D eigenvalue weighted by Crippen LogP contribution is -2.32. The van der Waals surface area contributed by atoms with Gasteiger partial charge in [-0.25, -0.2) is 4.98 Å². The Kier molecular flexibility index (Phi) is 5.17. The zero-order valence-corrected chi connectivity index (χ0v) is 14.9. The van der Waals surface area contributed by atoms with E-state index in [-0.39, 0.29) is 17.9 Å². The van der Waals surface area contributed by atoms with Gasteiger partial charge in [0.15, 0.2) is 6.61 Å². The number of aromatic nitrogens is 2. The number of nitrogens with zero attached hydrogens (tertiary/aromatic N) is 2. The van der Waals surface area contributed by atoms with Crippen LogP contribution in [-0.2, 0) is 17.5 Å². The zero-order chi connectivity index (χ0) is 19.6. The van der Waals surface area contributed by atoms with E-state index in [4.69, 9.17) is 4.74 Å². The molecule has 0 atom stereocenters. The molecule has 0 spiro atoms. The van der Waals surface area contributed by atoms with E-state index in [9.17, 15) is 22.8 Å². The molecule has 0 saturated heterocycles. The number of hydrogen-bond acceptors (Lipinski definition) is 5. The van der Waals surface area contributed by atoms with E-state index in [2.05, 4.69) is 9.97 Å². The average Bonchev–Trinajstić information content (AvgIpc) is 3.08. The molecule has 3 aromatic rings. The summed E-state index contributed by atoms with van der Waals surface area (Å²) in [6.07, 6.45) is -4.49. The Morgan fingerprint density at radius 2 is 2.11 bits per heavy atom. The van der Waals surface area contributed by atoms with Gasteiger partial charge in [0.25, 0.3) is 11.5 Å². The van der Waals surface area contributed by atoms with Gasteiger partial charge in [-0.3, -0.25) is 9.59 Å². The van der Waals surface area contributed by atoms with Crippen molar-refractivity contribution in [3.63, 3.8) is 0 Å². The highest BCUT2D eigenvalue weighted by Gasteiger charge is 2.30. The number of rotatable bonds is 5. The fourth-order valence-electron chi connectivity index (χ4n) is 2.33. The highest BCUT2D eigenvalue weighted by Crippen LogP contribution is 2.31. The number of alkyl halides is 3. The molecule has 27 heavy (non-hydrogen) atoms. The lowest BCUT2D eigenvalue weighted by molar-refractivity contribution is -0.137. The van der Waals surface area contributed by atoms with Crippen LogP contribution in [0.15, 0.2) is 40.5 Å². The smallest absolute Gasteiger partial charge is 0.416 e. The zero-order valence-electron chi connectivity index (χ0n) is 14.0. The number of H-pyrrole nitrogens is 1. The lowest BCUT2D eigenvalue weighted by atomic mass is 10.2. The second kappa shape index (κ2) is 7.39. The van der Waals surface area contributed by atoms with Crippen molar-refractivity contribution in [2.45, 2.75) is 12.7 Å². The molecule has 0 unspecified atom stereocenters. The average molecular weight is 397 g/mol. The third-order valence-corrected chi connectivity index (χ3v) is 4.60. The van der Waals surface area contributed by atoms with E-state index in [1.807, 2.05) is 0 Å². The maximum Gasteiger partial charge on any atom is 0.416 e. The second-order valence-corrected chi connectivity index (χ2v) is 6.63. The van der Waals surface area contributed by atoms with Crippen LogP contribution in [0.2, 0.25) is 0 Å². The standard InChI is InChI=1S/C17H14F3N3O3S/c1-23(8-13-21-12-5-6-27-15(12)16(25)22-13)14(24)9-26-11-4-2-3-10(7-11)17(18,19)20/h2-7H,8-9H2,1H3,(H,21,22,25). The first-order valence-electron chi connectivity index (χ1n) is 7.74. The summed E-state index contributed by atoms with van der Waals surface area (Å²) in [4.78, 5) is 32.2. The normalized spacial score (nSPS) is 11.6. The molecule has 6 nitrogen and oxygen atoms in total. The fraction of sp³-hybridized carbons (Fsp3) is 0.235. The molecular weight excluding hydrogens is 383 g/mol. The van der Waals surface area contributed by atoms with Crippen molar-refractivity contribution in [3.05, 3.63) is 57.5 Å². The quantitative estimate of drug-likeness (QED) is 0.718. The minimum atomic E-state index is -4.49. The van der Waals surface area contributed by atoms with Gasteiger partial charge < -0.3 is 14.6 Å². The fourth-order valence-corrected chi connectivity index (χ4v) is 3.05. The van der Waals surface area contributed by atoms with E-state index in [0.29, 0.717) is 16.0 Å². The van der Waals surface area contributed by atoms with Crippen LogP contribution in [0.25, 0.3) is 10.2 Å². The largest absolute Gasteiger partial charge is 0.484 e. The van der Waals surface area contributed by atoms with Gasteiger partial charge >= 0.3 is 6.18 Å². The van der Waals surface area contributed by atoms with Gasteiger partial charge in [0.05, 0.1) is 17.6 Å². The van der Waals surface area contributed by atoms with E-state index in [1.54, 1.807) is 11.4 Å². The van der Waals surface area contributed by atoms with Crippen LogP contribution in [0, 0.1) is 0 Å². The van der Waals surface area contributed by atoms with Gasteiger partial charge in [-0.05, 0) is 29.6 Å². The van der Waals surface area contributed by atoms with Gasteiger partial charge in [-0.15, -0.1) is 11.3 Å². The first-order valence-corrected chi connectivity index (χ1v) is 8.62. The van der Waals surface area contributed by atoms with E-state index in [0.717, 1.165) is 12.1 Å². The number of aromatic amines is 1. The van der Waals surface area contributed by atoms with Crippen LogP contribution in [0.5, 0.6) is 5.75 Å². The third-order valence-electron chi connectivity index (χ3n) is 3.70. The Balaban J connectivity index is 1.63. The molecule has 0 saturated carbocycles. The number of carbonyl (C=O) groups is 1. The lowest BCUT2D eigenvalue weighted by Gasteiger charge is -2.17. The van der Waals surface area contributed by atoms with Crippen molar-refractivity contribution in [2.24, 2.45) is 0 Å². The Hall–Kier alpha value is -2.88. The van der Waals surface area contributed by atoms with E-state index >= 15 is 0 Å². The maximum absolute atomic E-state index is 12.7. The van der Waals surface area contributed by atoms with Gasteiger partial charge in [0, 0.05) is 7.05 Å². The summed E-state index contributed by atoms with van der Waals surface area (Å²) in [6.45, 7) is -0.408. The minimum Gasteiger partial charge on any atom is -0.484 e. The molecule has 0 aliphatic heterocycles. The van der Waals surface area contributed by atoms with E-state index < -0.39 is 24.3 Å². The monoisotopic (exact) mass is 397 g/mol. The maximum atomic E-state index is 12.7. The number of hydrogen-bond donors (Lipinski definition) is 1. The Morgan fingerprint density at radius 3 is 2.85 bits per heavy atom. The number of halogens is 3. The molecule has 1 aromatic carbocycles. The van der Waals surface area contributed by atoms with Crippen LogP contribution in [0.3, 0.4) is 0 Å². The number of amides is 1. The first kappa shape index (κ1) is 18.9. The Morgan fingerprint density at radius 1 is 1.33 bits per heavy atom. The molecule has 0 radical (unpaired) electrons. The van der Waals surface area contributed by atoms with Crippen LogP contribution >= 0.6 is 11.3 Å². The van der Waals surface area contributed by atoms with Crippen LogP contribution < -0.4 is 10.3 Å². The summed E-state index contributed by atoms with van der Waals surface area (Å²) < 4.78 is 43.7. The minimum absolute atomic E-state index is 0.0335. The van der Waals surface area contributed by atoms with Gasteiger partial charge in [0.1, 0.15) is 16.3 Å². The summed E-state index contributed by atoms with van der Waals surface area (Å²) in [6, 6.07) is 6.00. The van der Waals surface area contributed by atoms with Gasteiger partial charge in [0.2, 0.25) is 0 Å². The molecule has 2 aromatic heterocycles. The van der Waals surface area contributed by atoms with Crippen molar-refractivity contribution in [1.29, 1.82) is 0 Å². The number of nitrogens with one attached hydrogen (secondary N) is 1. The van der Waals surface area contributed by atoms with Crippen molar-refractivity contribution in [3.8, 4) is 5.75 Å². The molecule has 0 aliphatic carbocycles. The summed E-state index contributed by atoms with van der Waals surface area (Å²) in [5.41, 5.74) is -0.600. The number of fused-ring (bicyclic) bond motifs is 1. The number of ether oxygens (including phenoxy) is 1. The molecular formula is C17H14F3N3O3S. The first-order chi connectivity index (χ1) is 12.7. The predicted molar refractivity (Wildman–Crippen MR) is 93.7 cm³/mol. The second-order valence-electron chi connectivity index (χ2n) is 5.71. The third kappa shape index (κ3) is 4.45. The molecule has 2 heterocycles. The highest BCUT2D eigenvalue weighted by atomic mass is 32.1. The summed E-state index contributed by atoms with van der Waals surface area (Å²) in [5, 5.41) is 1.74. The Labute approximate surface area is 155 Å². The van der Waals surface area contributed by atoms with Crippen molar-refractivity contribution >= 4 is 27.5 Å². The molecule has 142 valence electrons. The SMILES string of the molecule is CN(Cc1nc2ccsc2c(=O)[nH]1)C(=O)COc1cccc(C(F)(F)F)c1. The summed E-state index contributed by atoms with van der Waals surface area (Å²) in [7, 11) is 1.48. The molecule has 0 fully saturated rings. The number of thiophene rings is 1. The van der Waals surface area contributed by atoms with Crippen molar-refractivity contribution in [2.75, 3.05) is 13.7 Å². The topological polar surface area (TPSA) is 75.3 Å². The number of carbonyl (C=O) groups excluding carboxylic acids is 1. The van der Waals surface area contributed by atoms with Crippen LogP contribution in [-0.4, -0.2) is 34.4 Å². The molecule has 0 aliphatic rings. The molecule has 0 bridgehead atoms. The number of likely N-dealkylation sites (N-methyl/N-ethyl adjacent to an activating group) is 1. The summed E-state index contributed by atoms with van der Waals surface area (Å²) >= 11 is 1.27. The molecule has 1 N–H and O–H groups in total.